The number of alkyl halides is 3. The number of aromatic nitrogens is 2. The Morgan fingerprint density at radius 1 is 0.949 bits per heavy atom. The first-order chi connectivity index (χ1) is 18.7. The lowest BCUT2D eigenvalue weighted by Crippen LogP contribution is -2.40. The molecule has 11 heteroatoms. The van der Waals surface area contributed by atoms with Gasteiger partial charge in [0.25, 0.3) is 0 Å². The van der Waals surface area contributed by atoms with Gasteiger partial charge in [0.2, 0.25) is 5.91 Å². The highest BCUT2D eigenvalue weighted by Gasteiger charge is 2.30. The molecule has 2 N–H and O–H groups in total. The normalized spacial score (nSPS) is 11.1. The maximum Gasteiger partial charge on any atom is 0.416 e. The van der Waals surface area contributed by atoms with E-state index < -0.39 is 23.7 Å². The molecular weight excluding hydrogens is 511 g/mol. The highest BCUT2D eigenvalue weighted by molar-refractivity contribution is 5.97. The summed E-state index contributed by atoms with van der Waals surface area (Å²) in [6.07, 6.45) is -4.48. The molecule has 0 spiro atoms. The zero-order chi connectivity index (χ0) is 28.0. The summed E-state index contributed by atoms with van der Waals surface area (Å²) in [6.45, 7) is 1.58. The van der Waals surface area contributed by atoms with E-state index in [2.05, 4.69) is 15.7 Å². The van der Waals surface area contributed by atoms with Crippen LogP contribution in [0.5, 0.6) is 5.75 Å². The van der Waals surface area contributed by atoms with E-state index >= 15 is 0 Å². The third-order valence-corrected chi connectivity index (χ3v) is 5.83. The van der Waals surface area contributed by atoms with Crippen molar-refractivity contribution in [2.75, 3.05) is 30.8 Å². The van der Waals surface area contributed by atoms with Crippen molar-refractivity contribution in [3.8, 4) is 22.7 Å². The van der Waals surface area contributed by atoms with Crippen LogP contribution in [0.1, 0.15) is 12.5 Å². The Morgan fingerprint density at radius 3 is 2.21 bits per heavy atom. The molecule has 4 aromatic rings. The lowest BCUT2D eigenvalue weighted by Gasteiger charge is -2.21. The van der Waals surface area contributed by atoms with Crippen molar-refractivity contribution in [3.63, 3.8) is 0 Å². The molecule has 0 bridgehead atoms. The third kappa shape index (κ3) is 6.75. The molecule has 202 valence electrons. The number of halogens is 3. The van der Waals surface area contributed by atoms with Gasteiger partial charge in [0, 0.05) is 23.9 Å². The number of nitrogens with one attached hydrogen (secondary N) is 2. The van der Waals surface area contributed by atoms with E-state index in [1.165, 1.54) is 4.90 Å². The van der Waals surface area contributed by atoms with E-state index in [1.807, 2.05) is 30.3 Å². The summed E-state index contributed by atoms with van der Waals surface area (Å²) >= 11 is 0. The summed E-state index contributed by atoms with van der Waals surface area (Å²) in [7, 11) is 1.56. The number of likely N-dealkylation sites (N-methyl/N-ethyl adjacent to an activating group) is 1. The van der Waals surface area contributed by atoms with Crippen molar-refractivity contribution >= 4 is 23.4 Å². The molecule has 0 saturated carbocycles. The minimum absolute atomic E-state index is 0.178. The summed E-state index contributed by atoms with van der Waals surface area (Å²) in [6, 6.07) is 21.8. The first kappa shape index (κ1) is 27.2. The average Bonchev–Trinajstić information content (AvgIpc) is 3.35. The number of hydrogen-bond acceptors (Lipinski definition) is 4. The molecule has 0 saturated heterocycles. The van der Waals surface area contributed by atoms with E-state index in [-0.39, 0.29) is 18.8 Å². The van der Waals surface area contributed by atoms with Crippen molar-refractivity contribution in [3.05, 3.63) is 90.5 Å². The Morgan fingerprint density at radius 2 is 1.62 bits per heavy atom. The SMILES string of the molecule is CCN(CC(=O)Nc1cc(-c2ccccc2)nn1-c1ccc(OC)cc1)C(=O)Nc1ccc(C(F)(F)F)cc1. The highest BCUT2D eigenvalue weighted by atomic mass is 19.4. The van der Waals surface area contributed by atoms with Crippen molar-refractivity contribution in [1.29, 1.82) is 0 Å². The standard InChI is InChI=1S/C28H26F3N5O3/c1-3-35(27(38)32-21-11-9-20(10-12-21)28(29,30)31)18-26(37)33-25-17-24(19-7-5-4-6-8-19)34-36(25)22-13-15-23(39-2)16-14-22/h4-17H,3,18H2,1-2H3,(H,32,38)(H,33,37). The van der Waals surface area contributed by atoms with Crippen LogP contribution < -0.4 is 15.4 Å². The molecule has 0 atom stereocenters. The molecule has 1 heterocycles. The van der Waals surface area contributed by atoms with E-state index in [0.717, 1.165) is 29.8 Å². The summed E-state index contributed by atoms with van der Waals surface area (Å²) in [5.74, 6) is 0.578. The first-order valence-electron chi connectivity index (χ1n) is 12.0. The number of hydrogen-bond donors (Lipinski definition) is 2. The van der Waals surface area contributed by atoms with Crippen LogP contribution in [0.4, 0.5) is 29.5 Å². The van der Waals surface area contributed by atoms with Crippen molar-refractivity contribution in [2.24, 2.45) is 0 Å². The number of nitrogens with zero attached hydrogens (tertiary/aromatic N) is 3. The predicted octanol–water partition coefficient (Wildman–Crippen LogP) is 6.06. The highest BCUT2D eigenvalue weighted by Crippen LogP contribution is 2.30. The van der Waals surface area contributed by atoms with Gasteiger partial charge in [-0.25, -0.2) is 9.48 Å². The molecule has 3 aromatic carbocycles. The Balaban J connectivity index is 1.50. The number of methoxy groups -OCH3 is 1. The summed E-state index contributed by atoms with van der Waals surface area (Å²) in [5.41, 5.74) is 1.52. The topological polar surface area (TPSA) is 88.5 Å². The first-order valence-corrected chi connectivity index (χ1v) is 12.0. The maximum absolute atomic E-state index is 13.0. The monoisotopic (exact) mass is 537 g/mol. The fraction of sp³-hybridized carbons (Fsp3) is 0.179. The summed E-state index contributed by atoms with van der Waals surface area (Å²) in [4.78, 5) is 27.0. The lowest BCUT2D eigenvalue weighted by atomic mass is 10.1. The van der Waals surface area contributed by atoms with Crippen LogP contribution in [0.15, 0.2) is 84.9 Å². The van der Waals surface area contributed by atoms with Crippen molar-refractivity contribution < 1.29 is 27.5 Å². The quantitative estimate of drug-likeness (QED) is 0.286. The molecule has 39 heavy (non-hydrogen) atoms. The Labute approximate surface area is 223 Å². The molecule has 0 aliphatic heterocycles. The van der Waals surface area contributed by atoms with Gasteiger partial charge in [0.05, 0.1) is 24.1 Å². The second-order valence-corrected chi connectivity index (χ2v) is 8.46. The smallest absolute Gasteiger partial charge is 0.416 e. The molecular formula is C28H26F3N5O3. The van der Waals surface area contributed by atoms with Gasteiger partial charge in [-0.15, -0.1) is 0 Å². The van der Waals surface area contributed by atoms with E-state index in [4.69, 9.17) is 4.74 Å². The van der Waals surface area contributed by atoms with Crippen LogP contribution in [-0.4, -0.2) is 46.8 Å². The Kier molecular flexibility index (Phi) is 8.18. The maximum atomic E-state index is 13.0. The fourth-order valence-corrected chi connectivity index (χ4v) is 3.77. The van der Waals surface area contributed by atoms with E-state index in [1.54, 1.807) is 49.0 Å². The van der Waals surface area contributed by atoms with Gasteiger partial charge in [-0.3, -0.25) is 4.79 Å². The second-order valence-electron chi connectivity index (χ2n) is 8.46. The largest absolute Gasteiger partial charge is 0.497 e. The number of carbonyl (C=O) groups excluding carboxylic acids is 2. The number of rotatable bonds is 8. The van der Waals surface area contributed by atoms with Gasteiger partial charge in [0.15, 0.2) is 0 Å². The van der Waals surface area contributed by atoms with Gasteiger partial charge < -0.3 is 20.3 Å². The van der Waals surface area contributed by atoms with Gasteiger partial charge in [-0.2, -0.15) is 18.3 Å². The molecule has 0 unspecified atom stereocenters. The number of amides is 3. The predicted molar refractivity (Wildman–Crippen MR) is 142 cm³/mol. The van der Waals surface area contributed by atoms with Gasteiger partial charge in [-0.1, -0.05) is 30.3 Å². The third-order valence-electron chi connectivity index (χ3n) is 5.83. The van der Waals surface area contributed by atoms with Gasteiger partial charge in [-0.05, 0) is 55.5 Å². The summed E-state index contributed by atoms with van der Waals surface area (Å²) < 4.78 is 45.2. The zero-order valence-corrected chi connectivity index (χ0v) is 21.2. The summed E-state index contributed by atoms with van der Waals surface area (Å²) in [5, 5.41) is 10.0. The number of ether oxygens (including phenoxy) is 1. The molecule has 8 nitrogen and oxygen atoms in total. The molecule has 0 radical (unpaired) electrons. The number of benzene rings is 3. The molecule has 0 aliphatic carbocycles. The van der Waals surface area contributed by atoms with Crippen LogP contribution in [0.3, 0.4) is 0 Å². The van der Waals surface area contributed by atoms with Crippen LogP contribution >= 0.6 is 0 Å². The van der Waals surface area contributed by atoms with Gasteiger partial charge >= 0.3 is 12.2 Å². The fourth-order valence-electron chi connectivity index (χ4n) is 3.77. The van der Waals surface area contributed by atoms with Crippen LogP contribution in [0.2, 0.25) is 0 Å². The van der Waals surface area contributed by atoms with Crippen molar-refractivity contribution in [1.82, 2.24) is 14.7 Å². The van der Waals surface area contributed by atoms with Crippen LogP contribution in [0, 0.1) is 0 Å². The van der Waals surface area contributed by atoms with E-state index in [9.17, 15) is 22.8 Å². The number of anilines is 2. The Bertz CT molecular complexity index is 1420. The molecule has 3 amide bonds. The number of urea groups is 1. The van der Waals surface area contributed by atoms with E-state index in [0.29, 0.717) is 22.9 Å². The van der Waals surface area contributed by atoms with Crippen LogP contribution in [-0.2, 0) is 11.0 Å². The molecule has 4 rings (SSSR count). The minimum Gasteiger partial charge on any atom is -0.497 e. The molecule has 0 aliphatic rings. The molecule has 1 aromatic heterocycles. The second kappa shape index (κ2) is 11.7. The lowest BCUT2D eigenvalue weighted by molar-refractivity contribution is -0.137. The Hall–Kier alpha value is -4.80. The van der Waals surface area contributed by atoms with Gasteiger partial charge in [0.1, 0.15) is 18.1 Å². The van der Waals surface area contributed by atoms with Crippen LogP contribution in [0.25, 0.3) is 16.9 Å². The number of carbonyl (C=O) groups is 2. The zero-order valence-electron chi connectivity index (χ0n) is 21.2. The average molecular weight is 538 g/mol. The minimum atomic E-state index is -4.48. The van der Waals surface area contributed by atoms with Crippen molar-refractivity contribution in [2.45, 2.75) is 13.1 Å². The molecule has 0 fully saturated rings.